The van der Waals surface area contributed by atoms with Gasteiger partial charge in [-0.3, -0.25) is 14.5 Å². The molecule has 2 heterocycles. The summed E-state index contributed by atoms with van der Waals surface area (Å²) in [6, 6.07) is 4.67. The van der Waals surface area contributed by atoms with Gasteiger partial charge in [0.2, 0.25) is 10.9 Å². The van der Waals surface area contributed by atoms with Crippen molar-refractivity contribution in [2.45, 2.75) is 31.1 Å². The van der Waals surface area contributed by atoms with Crippen LogP contribution < -0.4 is 10.2 Å². The first kappa shape index (κ1) is 28.0. The molecule has 0 radical (unpaired) electrons. The molecule has 0 fully saturated rings. The monoisotopic (exact) mass is 570 g/mol. The van der Waals surface area contributed by atoms with Gasteiger partial charge < -0.3 is 5.32 Å². The summed E-state index contributed by atoms with van der Waals surface area (Å²) in [4.78, 5) is 26.6. The van der Waals surface area contributed by atoms with Gasteiger partial charge in [0, 0.05) is 5.69 Å². The second-order valence-electron chi connectivity index (χ2n) is 8.37. The number of aromatic nitrogens is 2. The Kier molecular flexibility index (Phi) is 7.91. The number of nitrogens with zero attached hydrogens (tertiary/aromatic N) is 3. The van der Waals surface area contributed by atoms with Gasteiger partial charge in [0.25, 0.3) is 5.91 Å². The maximum absolute atomic E-state index is 14.0. The number of aryl methyl sites for hydroxylation is 1. The molecule has 2 amide bonds. The predicted octanol–water partition coefficient (Wildman–Crippen LogP) is 5.21. The smallest absolute Gasteiger partial charge is 0.339 e. The van der Waals surface area contributed by atoms with Crippen LogP contribution in [0.15, 0.2) is 41.9 Å². The van der Waals surface area contributed by atoms with Gasteiger partial charge in [-0.25, -0.2) is 4.39 Å². The standard InChI is InChI=1S/C25H17F7N4O2S/c26-16-5-8-20-14(11-16)3-6-18(17-7-4-15(24(27,28)29)12-19(17)25(30,31)32)23(38)36(20)10-2-1-9-33-21(37)22-35-34-13-39-22/h4-5,7-8,11-13,18H,3,6,9-10H2,(H,33,37). The maximum atomic E-state index is 14.0. The Labute approximate surface area is 220 Å². The Morgan fingerprint density at radius 1 is 1.08 bits per heavy atom. The largest absolute Gasteiger partial charge is 0.416 e. The fourth-order valence-corrected chi connectivity index (χ4v) is 4.62. The van der Waals surface area contributed by atoms with E-state index in [0.717, 1.165) is 28.4 Å². The lowest BCUT2D eigenvalue weighted by atomic mass is 9.88. The lowest BCUT2D eigenvalue weighted by molar-refractivity contribution is -0.143. The highest BCUT2D eigenvalue weighted by atomic mass is 32.1. The second-order valence-corrected chi connectivity index (χ2v) is 9.20. The predicted molar refractivity (Wildman–Crippen MR) is 126 cm³/mol. The van der Waals surface area contributed by atoms with E-state index >= 15 is 0 Å². The molecule has 14 heteroatoms. The van der Waals surface area contributed by atoms with E-state index in [4.69, 9.17) is 0 Å². The molecule has 3 aromatic rings. The van der Waals surface area contributed by atoms with Crippen molar-refractivity contribution in [2.75, 3.05) is 18.0 Å². The SMILES string of the molecule is O=C(NCC#CCN1C(=O)C(c2ccc(C(F)(F)F)cc2C(F)(F)F)CCc2cc(F)ccc21)c1nncs1. The minimum atomic E-state index is -5.17. The molecule has 0 saturated heterocycles. The average Bonchev–Trinajstić information content (AvgIpc) is 3.37. The lowest BCUT2D eigenvalue weighted by Gasteiger charge is -2.26. The van der Waals surface area contributed by atoms with E-state index in [1.807, 2.05) is 0 Å². The van der Waals surface area contributed by atoms with Gasteiger partial charge in [0.15, 0.2) is 0 Å². The van der Waals surface area contributed by atoms with Crippen molar-refractivity contribution < 1.29 is 40.3 Å². The summed E-state index contributed by atoms with van der Waals surface area (Å²) in [5, 5.41) is 9.72. The van der Waals surface area contributed by atoms with E-state index < -0.39 is 52.6 Å². The van der Waals surface area contributed by atoms with Crippen LogP contribution in [0.3, 0.4) is 0 Å². The van der Waals surface area contributed by atoms with E-state index in [0.29, 0.717) is 17.7 Å². The molecule has 1 aromatic heterocycles. The summed E-state index contributed by atoms with van der Waals surface area (Å²) in [7, 11) is 0. The molecule has 39 heavy (non-hydrogen) atoms. The molecule has 0 saturated carbocycles. The lowest BCUT2D eigenvalue weighted by Crippen LogP contribution is -2.35. The quantitative estimate of drug-likeness (QED) is 0.345. The number of benzene rings is 2. The highest BCUT2D eigenvalue weighted by Crippen LogP contribution is 2.42. The van der Waals surface area contributed by atoms with Crippen LogP contribution in [0.5, 0.6) is 0 Å². The van der Waals surface area contributed by atoms with Crippen molar-refractivity contribution in [3.63, 3.8) is 0 Å². The van der Waals surface area contributed by atoms with Crippen molar-refractivity contribution in [3.8, 4) is 11.8 Å². The van der Waals surface area contributed by atoms with Gasteiger partial charge in [-0.05, 0) is 54.3 Å². The minimum Gasteiger partial charge on any atom is -0.339 e. The fourth-order valence-electron chi connectivity index (χ4n) is 4.15. The number of hydrogen-bond donors (Lipinski definition) is 1. The number of fused-ring (bicyclic) bond motifs is 1. The summed E-state index contributed by atoms with van der Waals surface area (Å²) in [6.07, 6.45) is -10.4. The van der Waals surface area contributed by atoms with Crippen LogP contribution in [0.4, 0.5) is 36.4 Å². The van der Waals surface area contributed by atoms with Crippen LogP contribution in [0.2, 0.25) is 0 Å². The van der Waals surface area contributed by atoms with Crippen LogP contribution >= 0.6 is 11.3 Å². The summed E-state index contributed by atoms with van der Waals surface area (Å²) < 4.78 is 95.0. The molecule has 2 aromatic carbocycles. The van der Waals surface area contributed by atoms with Crippen LogP contribution in [-0.2, 0) is 23.6 Å². The molecule has 204 valence electrons. The number of hydrogen-bond acceptors (Lipinski definition) is 5. The fraction of sp³-hybridized carbons (Fsp3) is 0.280. The van der Waals surface area contributed by atoms with Gasteiger partial charge in [0.05, 0.1) is 30.1 Å². The molecule has 0 bridgehead atoms. The highest BCUT2D eigenvalue weighted by Gasteiger charge is 2.42. The third-order valence-electron chi connectivity index (χ3n) is 5.91. The summed E-state index contributed by atoms with van der Waals surface area (Å²) in [5.74, 6) is 1.82. The highest BCUT2D eigenvalue weighted by molar-refractivity contribution is 7.11. The number of anilines is 1. The topological polar surface area (TPSA) is 75.2 Å². The van der Waals surface area contributed by atoms with Crippen LogP contribution in [-0.4, -0.2) is 35.1 Å². The van der Waals surface area contributed by atoms with Crippen LogP contribution in [0.1, 0.15) is 44.4 Å². The Hall–Kier alpha value is -3.99. The first-order valence-corrected chi connectivity index (χ1v) is 12.1. The minimum absolute atomic E-state index is 0.00882. The molecular formula is C25H17F7N4O2S. The number of amides is 2. The molecule has 1 N–H and O–H groups in total. The van der Waals surface area contributed by atoms with Gasteiger partial charge in [-0.15, -0.1) is 10.2 Å². The van der Waals surface area contributed by atoms with Crippen molar-refractivity contribution in [2.24, 2.45) is 0 Å². The summed E-state index contributed by atoms with van der Waals surface area (Å²) in [5.41, 5.74) is -1.77. The van der Waals surface area contributed by atoms with E-state index in [9.17, 15) is 40.3 Å². The number of alkyl halides is 6. The molecule has 1 aliphatic rings. The average molecular weight is 570 g/mol. The van der Waals surface area contributed by atoms with Gasteiger partial charge in [-0.1, -0.05) is 29.2 Å². The van der Waals surface area contributed by atoms with E-state index in [-0.39, 0.29) is 42.7 Å². The second kappa shape index (κ2) is 11.0. The van der Waals surface area contributed by atoms with Crippen molar-refractivity contribution >= 4 is 28.8 Å². The number of carbonyl (C=O) groups is 2. The summed E-state index contributed by atoms with van der Waals surface area (Å²) >= 11 is 1.01. The zero-order valence-corrected chi connectivity index (χ0v) is 20.5. The van der Waals surface area contributed by atoms with Gasteiger partial charge >= 0.3 is 12.4 Å². The number of carbonyl (C=O) groups excluding carboxylic acids is 2. The molecule has 0 aliphatic carbocycles. The zero-order chi connectivity index (χ0) is 28.4. The third kappa shape index (κ3) is 6.36. The normalized spacial score (nSPS) is 15.7. The van der Waals surface area contributed by atoms with Crippen molar-refractivity contribution in [1.82, 2.24) is 15.5 Å². The molecule has 0 spiro atoms. The molecule has 1 aliphatic heterocycles. The molecule has 4 rings (SSSR count). The molecule has 6 nitrogen and oxygen atoms in total. The molecule has 1 atom stereocenters. The first-order chi connectivity index (χ1) is 18.4. The Morgan fingerprint density at radius 3 is 2.51 bits per heavy atom. The van der Waals surface area contributed by atoms with Gasteiger partial charge in [-0.2, -0.15) is 26.3 Å². The van der Waals surface area contributed by atoms with Gasteiger partial charge in [0.1, 0.15) is 11.3 Å². The third-order valence-corrected chi connectivity index (χ3v) is 6.60. The Balaban J connectivity index is 1.65. The van der Waals surface area contributed by atoms with Crippen molar-refractivity contribution in [3.05, 3.63) is 75.0 Å². The zero-order valence-electron chi connectivity index (χ0n) is 19.7. The Morgan fingerprint density at radius 2 is 1.85 bits per heavy atom. The van der Waals surface area contributed by atoms with Crippen LogP contribution in [0, 0.1) is 17.7 Å². The first-order valence-electron chi connectivity index (χ1n) is 11.2. The Bertz CT molecular complexity index is 1440. The van der Waals surface area contributed by atoms with E-state index in [2.05, 4.69) is 27.4 Å². The maximum Gasteiger partial charge on any atom is 0.416 e. The number of halogens is 7. The molecular weight excluding hydrogens is 553 g/mol. The summed E-state index contributed by atoms with van der Waals surface area (Å²) in [6.45, 7) is -0.470. The van der Waals surface area contributed by atoms with Crippen molar-refractivity contribution in [1.29, 1.82) is 0 Å². The number of rotatable bonds is 4. The van der Waals surface area contributed by atoms with E-state index in [1.165, 1.54) is 11.6 Å². The molecule has 1 unspecified atom stereocenters. The van der Waals surface area contributed by atoms with Crippen LogP contribution in [0.25, 0.3) is 0 Å². The number of nitrogens with one attached hydrogen (secondary N) is 1. The van der Waals surface area contributed by atoms with E-state index in [1.54, 1.807) is 0 Å².